The first-order valence-electron chi connectivity index (χ1n) is 12.8. The molecule has 2 aliphatic heterocycles. The summed E-state index contributed by atoms with van der Waals surface area (Å²) in [4.78, 5) is 13.5. The van der Waals surface area contributed by atoms with Crippen molar-refractivity contribution in [3.8, 4) is 17.0 Å². The number of aromatic nitrogens is 2. The van der Waals surface area contributed by atoms with Crippen molar-refractivity contribution in [3.63, 3.8) is 0 Å². The van der Waals surface area contributed by atoms with Crippen molar-refractivity contribution in [2.45, 2.75) is 31.7 Å². The SMILES string of the molecule is COc1ncc(N2CCOCC2)cc1S(=O)Nc1cncc(-c2ccc(CN3CCC(C)(C)C3)cc2F)c1. The lowest BCUT2D eigenvalue weighted by Crippen LogP contribution is -2.36. The highest BCUT2D eigenvalue weighted by Crippen LogP contribution is 2.32. The van der Waals surface area contributed by atoms with E-state index in [0.29, 0.717) is 40.3 Å². The molecule has 1 N–H and O–H groups in total. The summed E-state index contributed by atoms with van der Waals surface area (Å²) in [6, 6.07) is 8.93. The standard InChI is InChI=1S/C28H34FN5O3S/c1-28(2)6-7-33(19-28)18-20-4-5-24(25(29)12-20)21-13-22(16-30-15-21)32-38(35)26-14-23(17-31-27(26)36-3)34-8-10-37-11-9-34/h4-5,12-17,32H,6-11,18-19H2,1-3H3. The molecule has 0 saturated carbocycles. The van der Waals surface area contributed by atoms with Crippen molar-refractivity contribution < 1.29 is 18.1 Å². The number of nitrogens with zero attached hydrogens (tertiary/aromatic N) is 4. The molecule has 2 fully saturated rings. The molecule has 2 aliphatic rings. The zero-order chi connectivity index (χ0) is 26.7. The van der Waals surface area contributed by atoms with Crippen LogP contribution < -0.4 is 14.4 Å². The first-order chi connectivity index (χ1) is 18.3. The van der Waals surface area contributed by atoms with Crippen molar-refractivity contribution in [1.82, 2.24) is 14.9 Å². The van der Waals surface area contributed by atoms with Crippen LogP contribution in [0.5, 0.6) is 5.88 Å². The average molecular weight is 540 g/mol. The molecule has 3 aromatic rings. The highest BCUT2D eigenvalue weighted by Gasteiger charge is 2.29. The molecule has 2 saturated heterocycles. The maximum Gasteiger partial charge on any atom is 0.231 e. The minimum Gasteiger partial charge on any atom is -0.480 e. The van der Waals surface area contributed by atoms with Crippen LogP contribution in [0.1, 0.15) is 25.8 Å². The molecule has 8 nitrogen and oxygen atoms in total. The Morgan fingerprint density at radius 1 is 1.13 bits per heavy atom. The molecule has 0 radical (unpaired) electrons. The fourth-order valence-electron chi connectivity index (χ4n) is 5.02. The highest BCUT2D eigenvalue weighted by atomic mass is 32.2. The van der Waals surface area contributed by atoms with Crippen molar-refractivity contribution in [2.75, 3.05) is 56.1 Å². The molecule has 0 aliphatic carbocycles. The number of benzene rings is 1. The van der Waals surface area contributed by atoms with Gasteiger partial charge in [0.2, 0.25) is 5.88 Å². The second-order valence-electron chi connectivity index (χ2n) is 10.6. The van der Waals surface area contributed by atoms with Gasteiger partial charge >= 0.3 is 0 Å². The second-order valence-corrected chi connectivity index (χ2v) is 11.8. The van der Waals surface area contributed by atoms with Gasteiger partial charge in [0.15, 0.2) is 11.0 Å². The van der Waals surface area contributed by atoms with Gasteiger partial charge in [-0.15, -0.1) is 0 Å². The molecule has 2 aromatic heterocycles. The van der Waals surface area contributed by atoms with E-state index < -0.39 is 11.0 Å². The predicted molar refractivity (Wildman–Crippen MR) is 147 cm³/mol. The lowest BCUT2D eigenvalue weighted by molar-refractivity contribution is 0.122. The van der Waals surface area contributed by atoms with Gasteiger partial charge in [-0.25, -0.2) is 13.6 Å². The van der Waals surface area contributed by atoms with Crippen molar-refractivity contribution in [3.05, 3.63) is 60.3 Å². The molecule has 1 atom stereocenters. The van der Waals surface area contributed by atoms with E-state index in [2.05, 4.69) is 38.3 Å². The molecule has 1 unspecified atom stereocenters. The van der Waals surface area contributed by atoms with Gasteiger partial charge in [-0.05, 0) is 42.1 Å². The molecule has 0 bridgehead atoms. The van der Waals surface area contributed by atoms with E-state index in [1.807, 2.05) is 12.1 Å². The van der Waals surface area contributed by atoms with Gasteiger partial charge in [0.25, 0.3) is 0 Å². The average Bonchev–Trinajstić information content (AvgIpc) is 3.26. The fourth-order valence-corrected chi connectivity index (χ4v) is 5.97. The Kier molecular flexibility index (Phi) is 7.92. The summed E-state index contributed by atoms with van der Waals surface area (Å²) in [6.45, 7) is 10.1. The Morgan fingerprint density at radius 2 is 1.95 bits per heavy atom. The van der Waals surface area contributed by atoms with Crippen molar-refractivity contribution >= 4 is 22.4 Å². The maximum absolute atomic E-state index is 15.2. The Bertz CT molecular complexity index is 1320. The second kappa shape index (κ2) is 11.3. The van der Waals surface area contributed by atoms with E-state index in [0.717, 1.165) is 50.4 Å². The molecule has 0 spiro atoms. The van der Waals surface area contributed by atoms with E-state index >= 15 is 4.39 Å². The van der Waals surface area contributed by atoms with Gasteiger partial charge < -0.3 is 14.4 Å². The summed E-state index contributed by atoms with van der Waals surface area (Å²) >= 11 is 0. The number of rotatable bonds is 8. The maximum atomic E-state index is 15.2. The molecule has 1 aromatic carbocycles. The predicted octanol–water partition coefficient (Wildman–Crippen LogP) is 4.49. The number of morpholine rings is 1. The molecular weight excluding hydrogens is 505 g/mol. The zero-order valence-electron chi connectivity index (χ0n) is 22.1. The Hall–Kier alpha value is -3.08. The van der Waals surface area contributed by atoms with Crippen LogP contribution in [0, 0.1) is 11.2 Å². The Labute approximate surface area is 225 Å². The number of likely N-dealkylation sites (tertiary alicyclic amines) is 1. The van der Waals surface area contributed by atoms with Gasteiger partial charge in [-0.1, -0.05) is 26.0 Å². The smallest absolute Gasteiger partial charge is 0.231 e. The first-order valence-corrected chi connectivity index (χ1v) is 14.0. The number of methoxy groups -OCH3 is 1. The monoisotopic (exact) mass is 539 g/mol. The van der Waals surface area contributed by atoms with E-state index in [1.165, 1.54) is 7.11 Å². The number of hydrogen-bond donors (Lipinski definition) is 1. The van der Waals surface area contributed by atoms with E-state index in [4.69, 9.17) is 9.47 Å². The van der Waals surface area contributed by atoms with Gasteiger partial charge in [-0.2, -0.15) is 0 Å². The number of hydrogen-bond acceptors (Lipinski definition) is 7. The van der Waals surface area contributed by atoms with Crippen LogP contribution in [0.4, 0.5) is 15.8 Å². The summed E-state index contributed by atoms with van der Waals surface area (Å²) < 4.78 is 42.3. The number of ether oxygens (including phenoxy) is 2. The minimum atomic E-state index is -1.68. The summed E-state index contributed by atoms with van der Waals surface area (Å²) in [5.74, 6) is -0.0231. The van der Waals surface area contributed by atoms with Gasteiger partial charge in [-0.3, -0.25) is 14.6 Å². The van der Waals surface area contributed by atoms with Gasteiger partial charge in [0.05, 0.1) is 44.1 Å². The third-order valence-corrected chi connectivity index (χ3v) is 8.14. The zero-order valence-corrected chi connectivity index (χ0v) is 22.9. The van der Waals surface area contributed by atoms with Crippen LogP contribution in [0.15, 0.2) is 53.8 Å². The van der Waals surface area contributed by atoms with Crippen LogP contribution in [0.2, 0.25) is 0 Å². The van der Waals surface area contributed by atoms with Crippen molar-refractivity contribution in [1.29, 1.82) is 0 Å². The molecule has 0 amide bonds. The summed E-state index contributed by atoms with van der Waals surface area (Å²) in [5.41, 5.74) is 3.67. The molecule has 10 heteroatoms. The summed E-state index contributed by atoms with van der Waals surface area (Å²) in [5, 5.41) is 0. The third kappa shape index (κ3) is 6.14. The number of nitrogens with one attached hydrogen (secondary N) is 1. The van der Waals surface area contributed by atoms with E-state index in [1.54, 1.807) is 36.8 Å². The normalized spacial score (nSPS) is 18.4. The lowest BCUT2D eigenvalue weighted by Gasteiger charge is -2.28. The molecule has 38 heavy (non-hydrogen) atoms. The molecule has 5 rings (SSSR count). The Balaban J connectivity index is 1.31. The van der Waals surface area contributed by atoms with Crippen LogP contribution >= 0.6 is 0 Å². The number of halogens is 1. The van der Waals surface area contributed by atoms with Crippen molar-refractivity contribution in [2.24, 2.45) is 5.41 Å². The van der Waals surface area contributed by atoms with Crippen LogP contribution in [-0.4, -0.2) is 65.6 Å². The summed E-state index contributed by atoms with van der Waals surface area (Å²) in [7, 11) is -0.182. The largest absolute Gasteiger partial charge is 0.480 e. The number of anilines is 2. The first kappa shape index (κ1) is 26.5. The molecule has 202 valence electrons. The lowest BCUT2D eigenvalue weighted by atomic mass is 9.93. The van der Waals surface area contributed by atoms with E-state index in [-0.39, 0.29) is 11.7 Å². The molecule has 4 heterocycles. The fraction of sp³-hybridized carbons (Fsp3) is 0.429. The highest BCUT2D eigenvalue weighted by molar-refractivity contribution is 7.86. The minimum absolute atomic E-state index is 0.278. The van der Waals surface area contributed by atoms with Crippen LogP contribution in [-0.2, 0) is 22.3 Å². The Morgan fingerprint density at radius 3 is 2.66 bits per heavy atom. The van der Waals surface area contributed by atoms with Crippen LogP contribution in [0.25, 0.3) is 11.1 Å². The third-order valence-electron chi connectivity index (χ3n) is 7.03. The topological polar surface area (TPSA) is 79.8 Å². The number of pyridine rings is 2. The summed E-state index contributed by atoms with van der Waals surface area (Å²) in [6.07, 6.45) is 6.04. The van der Waals surface area contributed by atoms with Gasteiger partial charge in [0.1, 0.15) is 10.7 Å². The quantitative estimate of drug-likeness (QED) is 0.452. The van der Waals surface area contributed by atoms with Gasteiger partial charge in [0, 0.05) is 43.5 Å². The van der Waals surface area contributed by atoms with E-state index in [9.17, 15) is 4.21 Å². The molecular formula is C28H34FN5O3S. The van der Waals surface area contributed by atoms with Crippen LogP contribution in [0.3, 0.4) is 0 Å².